The van der Waals surface area contributed by atoms with E-state index in [-0.39, 0.29) is 12.1 Å². The fraction of sp³-hybridized carbons (Fsp3) is 0.571. The van der Waals surface area contributed by atoms with Crippen LogP contribution in [0.2, 0.25) is 0 Å². The van der Waals surface area contributed by atoms with Crippen LogP contribution < -0.4 is 5.32 Å². The van der Waals surface area contributed by atoms with E-state index in [4.69, 9.17) is 0 Å². The van der Waals surface area contributed by atoms with Gasteiger partial charge in [-0.05, 0) is 37.3 Å². The summed E-state index contributed by atoms with van der Waals surface area (Å²) in [6, 6.07) is 4.24. The molecule has 0 aliphatic carbocycles. The van der Waals surface area contributed by atoms with Gasteiger partial charge in [-0.25, -0.2) is 4.79 Å². The summed E-state index contributed by atoms with van der Waals surface area (Å²) >= 11 is 0. The summed E-state index contributed by atoms with van der Waals surface area (Å²) in [7, 11) is 0. The third-order valence-corrected chi connectivity index (χ3v) is 3.36. The molecule has 0 bridgehead atoms. The van der Waals surface area contributed by atoms with Crippen LogP contribution in [0.1, 0.15) is 44.2 Å². The number of likely N-dealkylation sites (tertiary alicyclic amines) is 1. The summed E-state index contributed by atoms with van der Waals surface area (Å²) in [6.07, 6.45) is 7.92. The molecule has 4 nitrogen and oxygen atoms in total. The lowest BCUT2D eigenvalue weighted by atomic mass is 9.97. The highest BCUT2D eigenvalue weighted by Gasteiger charge is 2.27. The monoisotopic (exact) mass is 247 g/mol. The highest BCUT2D eigenvalue weighted by molar-refractivity contribution is 5.74. The van der Waals surface area contributed by atoms with Crippen LogP contribution in [0.3, 0.4) is 0 Å². The molecule has 1 N–H and O–H groups in total. The number of nitrogens with zero attached hydrogens (tertiary/aromatic N) is 2. The Morgan fingerprint density at radius 1 is 1.56 bits per heavy atom. The zero-order valence-corrected chi connectivity index (χ0v) is 10.9. The van der Waals surface area contributed by atoms with Crippen molar-refractivity contribution in [2.24, 2.45) is 0 Å². The largest absolute Gasteiger partial charge is 0.338 e. The fourth-order valence-corrected chi connectivity index (χ4v) is 2.43. The van der Waals surface area contributed by atoms with Crippen molar-refractivity contribution < 1.29 is 4.79 Å². The third-order valence-electron chi connectivity index (χ3n) is 3.36. The van der Waals surface area contributed by atoms with Gasteiger partial charge in [0.15, 0.2) is 0 Å². The van der Waals surface area contributed by atoms with Gasteiger partial charge in [0.05, 0.1) is 6.04 Å². The van der Waals surface area contributed by atoms with Crippen LogP contribution in [0.15, 0.2) is 24.5 Å². The maximum Gasteiger partial charge on any atom is 0.317 e. The highest BCUT2D eigenvalue weighted by Crippen LogP contribution is 2.30. The van der Waals surface area contributed by atoms with Crippen LogP contribution in [0.5, 0.6) is 0 Å². The molecule has 1 saturated heterocycles. The van der Waals surface area contributed by atoms with E-state index < -0.39 is 0 Å². The average molecular weight is 247 g/mol. The molecule has 1 fully saturated rings. The third kappa shape index (κ3) is 3.00. The van der Waals surface area contributed by atoms with E-state index in [2.05, 4.69) is 23.3 Å². The Bertz CT molecular complexity index is 380. The number of pyridine rings is 1. The maximum absolute atomic E-state index is 12.1. The Hall–Kier alpha value is -1.58. The highest BCUT2D eigenvalue weighted by atomic mass is 16.2. The summed E-state index contributed by atoms with van der Waals surface area (Å²) in [5.41, 5.74) is 1.14. The molecule has 98 valence electrons. The molecule has 1 atom stereocenters. The minimum absolute atomic E-state index is 0.0606. The van der Waals surface area contributed by atoms with Crippen molar-refractivity contribution in [3.05, 3.63) is 30.1 Å². The van der Waals surface area contributed by atoms with Gasteiger partial charge in [0.1, 0.15) is 0 Å². The van der Waals surface area contributed by atoms with Gasteiger partial charge < -0.3 is 10.2 Å². The summed E-state index contributed by atoms with van der Waals surface area (Å²) in [6.45, 7) is 3.65. The van der Waals surface area contributed by atoms with Crippen molar-refractivity contribution in [1.29, 1.82) is 0 Å². The van der Waals surface area contributed by atoms with E-state index >= 15 is 0 Å². The molecular weight excluding hydrogens is 226 g/mol. The van der Waals surface area contributed by atoms with E-state index in [1.807, 2.05) is 17.2 Å². The standard InChI is InChI=1S/C14H21N3O/c1-2-8-16-14(18)17-10-4-3-7-13(17)12-6-5-9-15-11-12/h5-6,9,11,13H,2-4,7-8,10H2,1H3,(H,16,18)/t13-/m0/s1. The average Bonchev–Trinajstić information content (AvgIpc) is 2.45. The molecule has 2 amide bonds. The van der Waals surface area contributed by atoms with Gasteiger partial charge in [0.25, 0.3) is 0 Å². The van der Waals surface area contributed by atoms with Gasteiger partial charge in [0.2, 0.25) is 0 Å². The van der Waals surface area contributed by atoms with Crippen LogP contribution in [-0.4, -0.2) is 29.0 Å². The number of nitrogens with one attached hydrogen (secondary N) is 1. The van der Waals surface area contributed by atoms with Crippen molar-refractivity contribution >= 4 is 6.03 Å². The first kappa shape index (κ1) is 12.9. The van der Waals surface area contributed by atoms with Gasteiger partial charge >= 0.3 is 6.03 Å². The van der Waals surface area contributed by atoms with Crippen molar-refractivity contribution in [1.82, 2.24) is 15.2 Å². The lowest BCUT2D eigenvalue weighted by molar-refractivity contribution is 0.151. The lowest BCUT2D eigenvalue weighted by Gasteiger charge is -2.35. The van der Waals surface area contributed by atoms with Crippen molar-refractivity contribution in [3.63, 3.8) is 0 Å². The molecule has 1 aromatic heterocycles. The Labute approximate surface area is 108 Å². The topological polar surface area (TPSA) is 45.2 Å². The van der Waals surface area contributed by atoms with Gasteiger partial charge in [-0.15, -0.1) is 0 Å². The van der Waals surface area contributed by atoms with Gasteiger partial charge in [-0.3, -0.25) is 4.98 Å². The minimum atomic E-state index is 0.0606. The van der Waals surface area contributed by atoms with Crippen LogP contribution in [0.4, 0.5) is 4.79 Å². The second kappa shape index (κ2) is 6.38. The molecule has 0 radical (unpaired) electrons. The van der Waals surface area contributed by atoms with Crippen molar-refractivity contribution in [3.8, 4) is 0 Å². The number of aromatic nitrogens is 1. The molecule has 1 aromatic rings. The second-order valence-corrected chi connectivity index (χ2v) is 4.72. The summed E-state index contributed by atoms with van der Waals surface area (Å²) < 4.78 is 0. The Morgan fingerprint density at radius 2 is 2.44 bits per heavy atom. The molecule has 0 unspecified atom stereocenters. The minimum Gasteiger partial charge on any atom is -0.338 e. The Balaban J connectivity index is 2.09. The van der Waals surface area contributed by atoms with Gasteiger partial charge in [-0.1, -0.05) is 13.0 Å². The van der Waals surface area contributed by atoms with E-state index in [0.29, 0.717) is 0 Å². The number of hydrogen-bond acceptors (Lipinski definition) is 2. The van der Waals surface area contributed by atoms with Crippen molar-refractivity contribution in [2.75, 3.05) is 13.1 Å². The number of hydrogen-bond donors (Lipinski definition) is 1. The number of rotatable bonds is 3. The number of piperidine rings is 1. The number of urea groups is 1. The van der Waals surface area contributed by atoms with E-state index in [1.54, 1.807) is 6.20 Å². The first-order valence-corrected chi connectivity index (χ1v) is 6.77. The second-order valence-electron chi connectivity index (χ2n) is 4.72. The summed E-state index contributed by atoms with van der Waals surface area (Å²) in [4.78, 5) is 18.2. The fourth-order valence-electron chi connectivity index (χ4n) is 2.43. The molecule has 18 heavy (non-hydrogen) atoms. The molecule has 4 heteroatoms. The van der Waals surface area contributed by atoms with Crippen LogP contribution in [0.25, 0.3) is 0 Å². The Kier molecular flexibility index (Phi) is 4.56. The summed E-state index contributed by atoms with van der Waals surface area (Å²) in [5.74, 6) is 0. The maximum atomic E-state index is 12.1. The molecular formula is C14H21N3O. The van der Waals surface area contributed by atoms with Crippen LogP contribution in [0, 0.1) is 0 Å². The van der Waals surface area contributed by atoms with Gasteiger partial charge in [-0.2, -0.15) is 0 Å². The number of carbonyl (C=O) groups is 1. The van der Waals surface area contributed by atoms with Crippen molar-refractivity contribution in [2.45, 2.75) is 38.6 Å². The molecule has 1 aliphatic heterocycles. The zero-order chi connectivity index (χ0) is 12.8. The quantitative estimate of drug-likeness (QED) is 0.892. The normalized spacial score (nSPS) is 19.6. The molecule has 2 heterocycles. The smallest absolute Gasteiger partial charge is 0.317 e. The SMILES string of the molecule is CCCNC(=O)N1CCCC[C@H]1c1cccnc1. The van der Waals surface area contributed by atoms with E-state index in [1.165, 1.54) is 6.42 Å². The summed E-state index contributed by atoms with van der Waals surface area (Å²) in [5, 5.41) is 2.97. The molecule has 2 rings (SSSR count). The zero-order valence-electron chi connectivity index (χ0n) is 10.9. The van der Waals surface area contributed by atoms with Crippen LogP contribution >= 0.6 is 0 Å². The first-order chi connectivity index (χ1) is 8.83. The van der Waals surface area contributed by atoms with Gasteiger partial charge in [0, 0.05) is 25.5 Å². The number of carbonyl (C=O) groups excluding carboxylic acids is 1. The Morgan fingerprint density at radius 3 is 3.17 bits per heavy atom. The lowest BCUT2D eigenvalue weighted by Crippen LogP contribution is -2.44. The predicted octanol–water partition coefficient (Wildman–Crippen LogP) is 2.73. The number of amides is 2. The van der Waals surface area contributed by atoms with Crippen LogP contribution in [-0.2, 0) is 0 Å². The molecule has 1 aliphatic rings. The predicted molar refractivity (Wildman–Crippen MR) is 71.2 cm³/mol. The first-order valence-electron chi connectivity index (χ1n) is 6.77. The molecule has 0 aromatic carbocycles. The van der Waals surface area contributed by atoms with E-state index in [0.717, 1.165) is 37.9 Å². The van der Waals surface area contributed by atoms with E-state index in [9.17, 15) is 4.79 Å². The molecule has 0 saturated carbocycles. The molecule has 0 spiro atoms.